The van der Waals surface area contributed by atoms with Gasteiger partial charge in [-0.2, -0.15) is 0 Å². The molecule has 4 nitrogen and oxygen atoms in total. The van der Waals surface area contributed by atoms with Gasteiger partial charge in [-0.25, -0.2) is 15.0 Å². The standard InChI is InChI=1S/C43H27N3O/c1-2-12-30(13-3-1)41-44-42(46-43(45-41)37-18-10-20-39-40(37)36-17-8-9-19-38(36)47-39)31-24-22-29(23-25-31)34-15-6-7-16-35(34)33-26-21-28-11-4-5-14-32(28)27-33/h1-27H. The summed E-state index contributed by atoms with van der Waals surface area (Å²) in [4.78, 5) is 15.1. The predicted molar refractivity (Wildman–Crippen MR) is 192 cm³/mol. The van der Waals surface area contributed by atoms with Crippen molar-refractivity contribution in [2.24, 2.45) is 0 Å². The van der Waals surface area contributed by atoms with Crippen molar-refractivity contribution in [1.29, 1.82) is 0 Å². The van der Waals surface area contributed by atoms with E-state index in [0.29, 0.717) is 17.5 Å². The average molecular weight is 602 g/mol. The Morgan fingerprint density at radius 1 is 0.340 bits per heavy atom. The number of nitrogens with zero attached hydrogens (tertiary/aromatic N) is 3. The van der Waals surface area contributed by atoms with Gasteiger partial charge < -0.3 is 4.42 Å². The highest BCUT2D eigenvalue weighted by atomic mass is 16.3. The van der Waals surface area contributed by atoms with Crippen LogP contribution in [0, 0.1) is 0 Å². The number of hydrogen-bond donors (Lipinski definition) is 0. The Balaban J connectivity index is 1.16. The number of rotatable bonds is 5. The minimum Gasteiger partial charge on any atom is -0.456 e. The summed E-state index contributed by atoms with van der Waals surface area (Å²) in [5, 5.41) is 4.51. The van der Waals surface area contributed by atoms with Crippen LogP contribution in [0.2, 0.25) is 0 Å². The molecule has 0 bridgehead atoms. The third-order valence-corrected chi connectivity index (χ3v) is 8.75. The SMILES string of the molecule is c1ccc(-c2nc(-c3ccc(-c4ccccc4-c4ccc5ccccc5c4)cc3)nc(-c3cccc4oc5ccccc5c34)n2)cc1. The summed E-state index contributed by atoms with van der Waals surface area (Å²) in [7, 11) is 0. The summed E-state index contributed by atoms with van der Waals surface area (Å²) in [6.45, 7) is 0. The predicted octanol–water partition coefficient (Wildman–Crippen LogP) is 11.3. The summed E-state index contributed by atoms with van der Waals surface area (Å²) in [6, 6.07) is 56.5. The lowest BCUT2D eigenvalue weighted by molar-refractivity contribution is 0.669. The third-order valence-electron chi connectivity index (χ3n) is 8.75. The summed E-state index contributed by atoms with van der Waals surface area (Å²) < 4.78 is 6.19. The van der Waals surface area contributed by atoms with Crippen molar-refractivity contribution >= 4 is 32.7 Å². The van der Waals surface area contributed by atoms with Crippen molar-refractivity contribution in [3.63, 3.8) is 0 Å². The smallest absolute Gasteiger partial charge is 0.164 e. The topological polar surface area (TPSA) is 51.8 Å². The van der Waals surface area contributed by atoms with Crippen LogP contribution in [0.15, 0.2) is 168 Å². The van der Waals surface area contributed by atoms with Gasteiger partial charge in [-0.3, -0.25) is 0 Å². The molecule has 4 heteroatoms. The molecule has 0 aliphatic rings. The van der Waals surface area contributed by atoms with Crippen LogP contribution in [0.3, 0.4) is 0 Å². The Labute approximate surface area is 271 Å². The first-order chi connectivity index (χ1) is 23.3. The van der Waals surface area contributed by atoms with E-state index in [1.165, 1.54) is 27.5 Å². The molecule has 0 radical (unpaired) electrons. The summed E-state index contributed by atoms with van der Waals surface area (Å²) in [5.74, 6) is 1.85. The molecule has 0 saturated carbocycles. The molecule has 0 fully saturated rings. The molecular weight excluding hydrogens is 574 g/mol. The molecule has 9 aromatic rings. The van der Waals surface area contributed by atoms with Crippen LogP contribution in [0.25, 0.3) is 89.1 Å². The van der Waals surface area contributed by atoms with Crippen molar-refractivity contribution < 1.29 is 4.42 Å². The molecule has 220 valence electrons. The highest BCUT2D eigenvalue weighted by Crippen LogP contribution is 2.37. The number of fused-ring (bicyclic) bond motifs is 4. The fourth-order valence-corrected chi connectivity index (χ4v) is 6.45. The van der Waals surface area contributed by atoms with Crippen LogP contribution in [0.1, 0.15) is 0 Å². The van der Waals surface area contributed by atoms with Gasteiger partial charge in [0.15, 0.2) is 17.5 Å². The number of benzene rings is 7. The van der Waals surface area contributed by atoms with Gasteiger partial charge in [0.1, 0.15) is 11.2 Å². The van der Waals surface area contributed by atoms with Crippen LogP contribution >= 0.6 is 0 Å². The second-order valence-electron chi connectivity index (χ2n) is 11.6. The van der Waals surface area contributed by atoms with E-state index in [2.05, 4.69) is 103 Å². The molecule has 9 rings (SSSR count). The van der Waals surface area contributed by atoms with Crippen molar-refractivity contribution in [2.45, 2.75) is 0 Å². The number of furan rings is 1. The van der Waals surface area contributed by atoms with Gasteiger partial charge in [0.05, 0.1) is 0 Å². The van der Waals surface area contributed by atoms with E-state index in [1.54, 1.807) is 0 Å². The van der Waals surface area contributed by atoms with Crippen LogP contribution in [-0.2, 0) is 0 Å². The molecule has 0 spiro atoms. The molecule has 2 heterocycles. The van der Waals surface area contributed by atoms with Gasteiger partial charge >= 0.3 is 0 Å². The Morgan fingerprint density at radius 3 is 1.70 bits per heavy atom. The maximum Gasteiger partial charge on any atom is 0.164 e. The first-order valence-electron chi connectivity index (χ1n) is 15.7. The number of hydrogen-bond acceptors (Lipinski definition) is 4. The second kappa shape index (κ2) is 11.2. The fraction of sp³-hybridized carbons (Fsp3) is 0. The minimum absolute atomic E-state index is 0.608. The average Bonchev–Trinajstić information content (AvgIpc) is 3.54. The van der Waals surface area contributed by atoms with Crippen molar-refractivity contribution in [2.75, 3.05) is 0 Å². The Morgan fingerprint density at radius 2 is 0.894 bits per heavy atom. The summed E-state index contributed by atoms with van der Waals surface area (Å²) in [6.07, 6.45) is 0. The molecule has 0 unspecified atom stereocenters. The summed E-state index contributed by atoms with van der Waals surface area (Å²) >= 11 is 0. The molecule has 0 aliphatic heterocycles. The Kier molecular flexibility index (Phi) is 6.43. The molecule has 2 aromatic heterocycles. The molecule has 0 N–H and O–H groups in total. The zero-order valence-corrected chi connectivity index (χ0v) is 25.3. The monoisotopic (exact) mass is 601 g/mol. The van der Waals surface area contributed by atoms with Gasteiger partial charge in [-0.1, -0.05) is 146 Å². The zero-order chi connectivity index (χ0) is 31.2. The van der Waals surface area contributed by atoms with Gasteiger partial charge in [-0.15, -0.1) is 0 Å². The second-order valence-corrected chi connectivity index (χ2v) is 11.6. The van der Waals surface area contributed by atoms with E-state index in [0.717, 1.165) is 44.2 Å². The Bertz CT molecular complexity index is 2570. The molecule has 7 aromatic carbocycles. The van der Waals surface area contributed by atoms with Gasteiger partial charge in [0, 0.05) is 27.5 Å². The van der Waals surface area contributed by atoms with E-state index < -0.39 is 0 Å². The zero-order valence-electron chi connectivity index (χ0n) is 25.3. The van der Waals surface area contributed by atoms with Crippen molar-refractivity contribution in [3.8, 4) is 56.4 Å². The first-order valence-corrected chi connectivity index (χ1v) is 15.7. The van der Waals surface area contributed by atoms with Gasteiger partial charge in [0.2, 0.25) is 0 Å². The normalized spacial score (nSPS) is 11.4. The van der Waals surface area contributed by atoms with Crippen molar-refractivity contribution in [1.82, 2.24) is 15.0 Å². The molecule has 47 heavy (non-hydrogen) atoms. The fourth-order valence-electron chi connectivity index (χ4n) is 6.45. The first kappa shape index (κ1) is 27.0. The van der Waals surface area contributed by atoms with E-state index >= 15 is 0 Å². The van der Waals surface area contributed by atoms with E-state index in [9.17, 15) is 0 Å². The molecule has 0 atom stereocenters. The van der Waals surface area contributed by atoms with Gasteiger partial charge in [-0.05, 0) is 51.2 Å². The van der Waals surface area contributed by atoms with E-state index in [-0.39, 0.29) is 0 Å². The quantitative estimate of drug-likeness (QED) is 0.197. The maximum atomic E-state index is 6.19. The maximum absolute atomic E-state index is 6.19. The molecule has 0 amide bonds. The Hall–Kier alpha value is -6.39. The van der Waals surface area contributed by atoms with Crippen LogP contribution in [-0.4, -0.2) is 15.0 Å². The van der Waals surface area contributed by atoms with Crippen molar-refractivity contribution in [3.05, 3.63) is 164 Å². The van der Waals surface area contributed by atoms with Crippen LogP contribution in [0.5, 0.6) is 0 Å². The summed E-state index contributed by atoms with van der Waals surface area (Å²) in [5.41, 5.74) is 9.10. The lowest BCUT2D eigenvalue weighted by atomic mass is 9.93. The van der Waals surface area contributed by atoms with Crippen LogP contribution < -0.4 is 0 Å². The van der Waals surface area contributed by atoms with Crippen LogP contribution in [0.4, 0.5) is 0 Å². The molecule has 0 saturated heterocycles. The lowest BCUT2D eigenvalue weighted by Gasteiger charge is -2.12. The van der Waals surface area contributed by atoms with E-state index in [1.807, 2.05) is 60.7 Å². The minimum atomic E-state index is 0.608. The molecule has 0 aliphatic carbocycles. The highest BCUT2D eigenvalue weighted by molar-refractivity contribution is 6.11. The highest BCUT2D eigenvalue weighted by Gasteiger charge is 2.18. The van der Waals surface area contributed by atoms with E-state index in [4.69, 9.17) is 19.4 Å². The number of aromatic nitrogens is 3. The van der Waals surface area contributed by atoms with Gasteiger partial charge in [0.25, 0.3) is 0 Å². The third kappa shape index (κ3) is 4.84. The molecular formula is C43H27N3O. The lowest BCUT2D eigenvalue weighted by Crippen LogP contribution is -2.00. The largest absolute Gasteiger partial charge is 0.456 e. The number of para-hydroxylation sites is 1.